The van der Waals surface area contributed by atoms with Crippen molar-refractivity contribution in [3.8, 4) is 0 Å². The van der Waals surface area contributed by atoms with Gasteiger partial charge >= 0.3 is 0 Å². The zero-order valence-electron chi connectivity index (χ0n) is 10.8. The molecule has 0 aliphatic heterocycles. The van der Waals surface area contributed by atoms with Crippen LogP contribution in [0.15, 0.2) is 29.2 Å². The van der Waals surface area contributed by atoms with Crippen molar-refractivity contribution in [2.24, 2.45) is 0 Å². The molecule has 1 rings (SSSR count). The van der Waals surface area contributed by atoms with Crippen molar-refractivity contribution in [3.63, 3.8) is 0 Å². The van der Waals surface area contributed by atoms with Crippen LogP contribution in [0.2, 0.25) is 0 Å². The van der Waals surface area contributed by atoms with Gasteiger partial charge in [0.25, 0.3) is 0 Å². The number of rotatable bonds is 6. The molecule has 1 amide bonds. The quantitative estimate of drug-likeness (QED) is 0.773. The van der Waals surface area contributed by atoms with Gasteiger partial charge in [-0.05, 0) is 37.6 Å². The van der Waals surface area contributed by atoms with Crippen LogP contribution in [-0.4, -0.2) is 25.7 Å². The van der Waals surface area contributed by atoms with Crippen molar-refractivity contribution in [1.82, 2.24) is 4.72 Å². The number of hydrogen-bond acceptors (Lipinski definition) is 3. The molecule has 0 bridgehead atoms. The summed E-state index contributed by atoms with van der Waals surface area (Å²) in [7, 11) is -3.51. The van der Waals surface area contributed by atoms with Gasteiger partial charge in [-0.15, -0.1) is 0 Å². The summed E-state index contributed by atoms with van der Waals surface area (Å²) in [5.74, 6) is -0.195. The molecule has 0 aliphatic carbocycles. The van der Waals surface area contributed by atoms with E-state index >= 15 is 0 Å². The van der Waals surface area contributed by atoms with E-state index in [1.54, 1.807) is 12.1 Å². The van der Waals surface area contributed by atoms with Gasteiger partial charge in [0.1, 0.15) is 0 Å². The monoisotopic (exact) mass is 348 g/mol. The fourth-order valence-corrected chi connectivity index (χ4v) is 3.44. The minimum Gasteiger partial charge on any atom is -0.326 e. The molecule has 7 heteroatoms. The number of carbonyl (C=O) groups excluding carboxylic acids is 1. The summed E-state index contributed by atoms with van der Waals surface area (Å²) in [6.07, 6.45) is 0.712. The largest absolute Gasteiger partial charge is 0.326 e. The molecule has 2 N–H and O–H groups in total. The van der Waals surface area contributed by atoms with Crippen molar-refractivity contribution in [2.75, 3.05) is 10.6 Å². The summed E-state index contributed by atoms with van der Waals surface area (Å²) in [5.41, 5.74) is 0.569. The second-order valence-corrected chi connectivity index (χ2v) is 6.71. The van der Waals surface area contributed by atoms with E-state index in [2.05, 4.69) is 26.0 Å². The highest BCUT2D eigenvalue weighted by molar-refractivity contribution is 9.09. The van der Waals surface area contributed by atoms with Crippen molar-refractivity contribution in [1.29, 1.82) is 0 Å². The first-order chi connectivity index (χ1) is 8.85. The molecular weight excluding hydrogens is 332 g/mol. The van der Waals surface area contributed by atoms with Gasteiger partial charge in [0.05, 0.1) is 4.90 Å². The van der Waals surface area contributed by atoms with E-state index in [4.69, 9.17) is 0 Å². The number of sulfonamides is 1. The summed E-state index contributed by atoms with van der Waals surface area (Å²) in [5, 5.41) is 3.32. The molecule has 0 spiro atoms. The molecule has 0 saturated carbocycles. The van der Waals surface area contributed by atoms with Gasteiger partial charge in [-0.3, -0.25) is 4.79 Å². The number of amides is 1. The van der Waals surface area contributed by atoms with Gasteiger partial charge < -0.3 is 5.32 Å². The normalized spacial score (nSPS) is 13.0. The molecule has 1 atom stereocenters. The predicted molar refractivity (Wildman–Crippen MR) is 78.9 cm³/mol. The molecule has 0 aromatic heterocycles. The summed E-state index contributed by atoms with van der Waals surface area (Å²) in [6.45, 7) is 3.21. The van der Waals surface area contributed by atoms with Crippen LogP contribution >= 0.6 is 15.9 Å². The predicted octanol–water partition coefficient (Wildman–Crippen LogP) is 2.10. The lowest BCUT2D eigenvalue weighted by molar-refractivity contribution is -0.114. The average molecular weight is 349 g/mol. The number of nitrogens with one attached hydrogen (secondary N) is 2. The Balaban J connectivity index is 2.81. The van der Waals surface area contributed by atoms with Gasteiger partial charge in [-0.25, -0.2) is 13.1 Å². The first-order valence-electron chi connectivity index (χ1n) is 5.81. The van der Waals surface area contributed by atoms with Gasteiger partial charge in [0.2, 0.25) is 15.9 Å². The Morgan fingerprint density at radius 3 is 2.37 bits per heavy atom. The Kier molecular flexibility index (Phi) is 5.96. The molecule has 0 saturated heterocycles. The molecule has 0 aliphatic rings. The fourth-order valence-electron chi connectivity index (χ4n) is 1.48. The van der Waals surface area contributed by atoms with Crippen molar-refractivity contribution < 1.29 is 13.2 Å². The Hall–Kier alpha value is -0.920. The third-order valence-corrected chi connectivity index (χ3v) is 4.45. The first kappa shape index (κ1) is 16.1. The fraction of sp³-hybridized carbons (Fsp3) is 0.417. The number of alkyl halides is 1. The highest BCUT2D eigenvalue weighted by atomic mass is 79.9. The molecular formula is C12H17BrN2O3S. The Morgan fingerprint density at radius 1 is 1.32 bits per heavy atom. The Morgan fingerprint density at radius 2 is 1.89 bits per heavy atom. The maximum atomic E-state index is 12.0. The first-order valence-corrected chi connectivity index (χ1v) is 8.41. The Labute approximate surface area is 122 Å². The van der Waals surface area contributed by atoms with Gasteiger partial charge in [0, 0.05) is 24.0 Å². The lowest BCUT2D eigenvalue weighted by Gasteiger charge is -2.13. The summed E-state index contributed by atoms with van der Waals surface area (Å²) in [4.78, 5) is 11.0. The average Bonchev–Trinajstić information content (AvgIpc) is 2.28. The van der Waals surface area contributed by atoms with E-state index in [0.29, 0.717) is 12.1 Å². The molecule has 1 unspecified atom stereocenters. The third kappa shape index (κ3) is 5.30. The van der Waals surface area contributed by atoms with Crippen LogP contribution in [-0.2, 0) is 14.8 Å². The lowest BCUT2D eigenvalue weighted by Crippen LogP contribution is -2.32. The highest BCUT2D eigenvalue weighted by Crippen LogP contribution is 2.14. The van der Waals surface area contributed by atoms with Crippen molar-refractivity contribution >= 4 is 37.5 Å². The van der Waals surface area contributed by atoms with Gasteiger partial charge in [-0.1, -0.05) is 15.9 Å². The molecule has 1 aromatic rings. The standard InChI is InChI=1S/C12H17BrN2O3S/c1-9(7-8-13)15-19(17,18)12-5-3-11(4-6-12)14-10(2)16/h3-6,9,15H,7-8H2,1-2H3,(H,14,16). The van der Waals surface area contributed by atoms with Gasteiger partial charge in [-0.2, -0.15) is 0 Å². The molecule has 19 heavy (non-hydrogen) atoms. The number of anilines is 1. The molecule has 1 aromatic carbocycles. The second kappa shape index (κ2) is 7.02. The second-order valence-electron chi connectivity index (χ2n) is 4.21. The van der Waals surface area contributed by atoms with E-state index in [-0.39, 0.29) is 16.8 Å². The molecule has 0 radical (unpaired) electrons. The lowest BCUT2D eigenvalue weighted by atomic mass is 10.3. The van der Waals surface area contributed by atoms with Crippen molar-refractivity contribution in [3.05, 3.63) is 24.3 Å². The van der Waals surface area contributed by atoms with E-state index in [9.17, 15) is 13.2 Å². The minimum absolute atomic E-state index is 0.139. The van der Waals surface area contributed by atoms with E-state index in [1.807, 2.05) is 6.92 Å². The van der Waals surface area contributed by atoms with Crippen LogP contribution in [0.3, 0.4) is 0 Å². The van der Waals surface area contributed by atoms with E-state index < -0.39 is 10.0 Å². The molecule has 0 heterocycles. The molecule has 0 fully saturated rings. The van der Waals surface area contributed by atoms with Crippen LogP contribution in [0.25, 0.3) is 0 Å². The topological polar surface area (TPSA) is 75.3 Å². The number of halogens is 1. The molecule has 106 valence electrons. The maximum Gasteiger partial charge on any atom is 0.240 e. The number of hydrogen-bond donors (Lipinski definition) is 2. The van der Waals surface area contributed by atoms with E-state index in [0.717, 1.165) is 5.33 Å². The smallest absolute Gasteiger partial charge is 0.240 e. The zero-order chi connectivity index (χ0) is 14.5. The molecule has 5 nitrogen and oxygen atoms in total. The maximum absolute atomic E-state index is 12.0. The zero-order valence-corrected chi connectivity index (χ0v) is 13.2. The van der Waals surface area contributed by atoms with Crippen LogP contribution in [0, 0.1) is 0 Å². The van der Waals surface area contributed by atoms with Crippen LogP contribution < -0.4 is 10.0 Å². The van der Waals surface area contributed by atoms with Crippen molar-refractivity contribution in [2.45, 2.75) is 31.2 Å². The van der Waals surface area contributed by atoms with Crippen LogP contribution in [0.4, 0.5) is 5.69 Å². The van der Waals surface area contributed by atoms with Crippen LogP contribution in [0.5, 0.6) is 0 Å². The van der Waals surface area contributed by atoms with Gasteiger partial charge in [0.15, 0.2) is 0 Å². The SMILES string of the molecule is CC(=O)Nc1ccc(S(=O)(=O)NC(C)CCBr)cc1. The van der Waals surface area contributed by atoms with E-state index in [1.165, 1.54) is 19.1 Å². The third-order valence-electron chi connectivity index (χ3n) is 2.38. The summed E-state index contributed by atoms with van der Waals surface area (Å²) < 4.78 is 26.7. The highest BCUT2D eigenvalue weighted by Gasteiger charge is 2.16. The number of carbonyl (C=O) groups is 1. The minimum atomic E-state index is -3.51. The summed E-state index contributed by atoms with van der Waals surface area (Å²) >= 11 is 3.27. The summed E-state index contributed by atoms with van der Waals surface area (Å²) in [6, 6.07) is 5.92. The Bertz CT molecular complexity index is 528. The van der Waals surface area contributed by atoms with Crippen LogP contribution in [0.1, 0.15) is 20.3 Å². The number of benzene rings is 1.